The van der Waals surface area contributed by atoms with Gasteiger partial charge >= 0.3 is 0 Å². The highest BCUT2D eigenvalue weighted by molar-refractivity contribution is 9.10. The molecule has 0 unspecified atom stereocenters. The van der Waals surface area contributed by atoms with Gasteiger partial charge in [-0.25, -0.2) is 9.97 Å². The molecule has 0 atom stereocenters. The summed E-state index contributed by atoms with van der Waals surface area (Å²) in [4.78, 5) is 12.9. The Morgan fingerprint density at radius 3 is 2.76 bits per heavy atom. The largest absolute Gasteiger partial charge is 0.476 e. The predicted molar refractivity (Wildman–Crippen MR) is 84.3 cm³/mol. The highest BCUT2D eigenvalue weighted by atomic mass is 79.9. The average Bonchev–Trinajstić information content (AvgIpc) is 2.84. The molecular formula is C15H15BrN4O. The van der Waals surface area contributed by atoms with Crippen molar-refractivity contribution >= 4 is 27.1 Å². The van der Waals surface area contributed by atoms with Gasteiger partial charge in [-0.3, -0.25) is 0 Å². The number of fused-ring (bicyclic) bond motifs is 1. The van der Waals surface area contributed by atoms with Crippen molar-refractivity contribution in [1.29, 1.82) is 0 Å². The van der Waals surface area contributed by atoms with Crippen LogP contribution in [0.4, 0.5) is 0 Å². The van der Waals surface area contributed by atoms with Crippen molar-refractivity contribution in [3.05, 3.63) is 47.0 Å². The first-order valence-corrected chi connectivity index (χ1v) is 7.62. The molecule has 0 spiro atoms. The zero-order valence-electron chi connectivity index (χ0n) is 11.7. The molecule has 0 aliphatic carbocycles. The van der Waals surface area contributed by atoms with Crippen molar-refractivity contribution < 1.29 is 4.74 Å². The van der Waals surface area contributed by atoms with E-state index in [-0.39, 0.29) is 0 Å². The highest BCUT2D eigenvalue weighted by Gasteiger charge is 2.14. The molecule has 0 amide bonds. The second kappa shape index (κ2) is 6.22. The maximum absolute atomic E-state index is 5.79. The quantitative estimate of drug-likeness (QED) is 0.665. The third-order valence-corrected chi connectivity index (χ3v) is 3.85. The van der Waals surface area contributed by atoms with Crippen molar-refractivity contribution in [3.8, 4) is 5.88 Å². The fourth-order valence-corrected chi connectivity index (χ4v) is 2.78. The van der Waals surface area contributed by atoms with Gasteiger partial charge in [0.2, 0.25) is 5.88 Å². The van der Waals surface area contributed by atoms with Crippen LogP contribution in [-0.4, -0.2) is 26.1 Å². The minimum atomic E-state index is 0.531. The van der Waals surface area contributed by atoms with Gasteiger partial charge in [-0.05, 0) is 28.4 Å². The van der Waals surface area contributed by atoms with Crippen LogP contribution in [0.2, 0.25) is 0 Å². The van der Waals surface area contributed by atoms with Gasteiger partial charge in [0.05, 0.1) is 6.61 Å². The monoisotopic (exact) mass is 346 g/mol. The Labute approximate surface area is 131 Å². The molecule has 0 bridgehead atoms. The van der Waals surface area contributed by atoms with E-state index >= 15 is 0 Å². The van der Waals surface area contributed by atoms with E-state index in [1.54, 1.807) is 0 Å². The van der Waals surface area contributed by atoms with E-state index in [0.29, 0.717) is 18.0 Å². The first kappa shape index (κ1) is 14.0. The molecule has 5 nitrogen and oxygen atoms in total. The van der Waals surface area contributed by atoms with Crippen LogP contribution in [0.25, 0.3) is 11.2 Å². The Morgan fingerprint density at radius 2 is 2.00 bits per heavy atom. The minimum absolute atomic E-state index is 0.531. The van der Waals surface area contributed by atoms with E-state index in [4.69, 9.17) is 4.74 Å². The Morgan fingerprint density at radius 1 is 1.19 bits per heavy atom. The molecule has 0 saturated heterocycles. The smallest absolute Gasteiger partial charge is 0.245 e. The molecule has 0 N–H and O–H groups in total. The summed E-state index contributed by atoms with van der Waals surface area (Å²) >= 11 is 3.44. The van der Waals surface area contributed by atoms with Gasteiger partial charge in [-0.2, -0.15) is 4.98 Å². The summed E-state index contributed by atoms with van der Waals surface area (Å²) < 4.78 is 8.51. The number of aryl methyl sites for hydroxylation is 1. The number of halogens is 1. The predicted octanol–water partition coefficient (Wildman–Crippen LogP) is 3.23. The van der Waals surface area contributed by atoms with E-state index in [9.17, 15) is 0 Å². The van der Waals surface area contributed by atoms with Gasteiger partial charge in [0.25, 0.3) is 0 Å². The van der Waals surface area contributed by atoms with E-state index < -0.39 is 0 Å². The van der Waals surface area contributed by atoms with Crippen LogP contribution in [0.1, 0.15) is 12.5 Å². The minimum Gasteiger partial charge on any atom is -0.476 e. The molecule has 0 fully saturated rings. The third kappa shape index (κ3) is 2.90. The summed E-state index contributed by atoms with van der Waals surface area (Å²) in [5.74, 6) is 0.531. The van der Waals surface area contributed by atoms with Gasteiger partial charge in [-0.15, -0.1) is 0 Å². The lowest BCUT2D eigenvalue weighted by atomic mass is 10.2. The van der Waals surface area contributed by atoms with Crippen molar-refractivity contribution in [1.82, 2.24) is 19.5 Å². The van der Waals surface area contributed by atoms with E-state index in [2.05, 4.69) is 43.0 Å². The molecular weight excluding hydrogens is 332 g/mol. The molecule has 0 radical (unpaired) electrons. The highest BCUT2D eigenvalue weighted by Crippen LogP contribution is 2.24. The number of ether oxygens (including phenoxy) is 1. The molecule has 0 saturated carbocycles. The van der Waals surface area contributed by atoms with Crippen LogP contribution in [0, 0.1) is 0 Å². The summed E-state index contributed by atoms with van der Waals surface area (Å²) in [6, 6.07) is 10.2. The van der Waals surface area contributed by atoms with Crippen LogP contribution in [-0.2, 0) is 13.0 Å². The lowest BCUT2D eigenvalue weighted by Gasteiger charge is -2.05. The topological polar surface area (TPSA) is 52.8 Å². The van der Waals surface area contributed by atoms with Crippen molar-refractivity contribution in [2.24, 2.45) is 0 Å². The molecule has 0 aliphatic rings. The summed E-state index contributed by atoms with van der Waals surface area (Å²) in [6.07, 6.45) is 2.35. The fourth-order valence-electron chi connectivity index (χ4n) is 2.19. The maximum atomic E-state index is 5.79. The summed E-state index contributed by atoms with van der Waals surface area (Å²) in [5, 5.41) is 0. The molecule has 2 aromatic heterocycles. The molecule has 3 aromatic rings. The van der Waals surface area contributed by atoms with Crippen LogP contribution >= 0.6 is 15.9 Å². The number of nitrogens with zero attached hydrogens (tertiary/aromatic N) is 4. The number of benzene rings is 1. The lowest BCUT2D eigenvalue weighted by molar-refractivity contribution is 0.312. The first-order chi connectivity index (χ1) is 10.3. The van der Waals surface area contributed by atoms with Crippen molar-refractivity contribution in [2.75, 3.05) is 6.61 Å². The van der Waals surface area contributed by atoms with Crippen LogP contribution in [0.5, 0.6) is 5.88 Å². The summed E-state index contributed by atoms with van der Waals surface area (Å²) in [5.41, 5.74) is 2.72. The fraction of sp³-hybridized carbons (Fsp3) is 0.267. The van der Waals surface area contributed by atoms with Crippen LogP contribution < -0.4 is 4.74 Å². The number of rotatable bonds is 5. The number of aromatic nitrogens is 4. The van der Waals surface area contributed by atoms with E-state index in [1.165, 1.54) is 11.9 Å². The van der Waals surface area contributed by atoms with E-state index in [1.807, 2.05) is 29.7 Å². The summed E-state index contributed by atoms with van der Waals surface area (Å²) in [6.45, 7) is 3.40. The molecule has 0 aliphatic heterocycles. The second-order valence-corrected chi connectivity index (χ2v) is 5.27. The molecule has 6 heteroatoms. The Hall–Kier alpha value is -1.95. The number of hydrogen-bond donors (Lipinski definition) is 0. The molecule has 3 rings (SSSR count). The van der Waals surface area contributed by atoms with Gasteiger partial charge in [0, 0.05) is 13.0 Å². The standard InChI is InChI=1S/C15H15BrN4O/c1-2-20-13-12(19-15(20)16)14(18-10-17-13)21-9-8-11-6-4-3-5-7-11/h3-7,10H,2,8-9H2,1H3. The lowest BCUT2D eigenvalue weighted by Crippen LogP contribution is -2.04. The molecule has 108 valence electrons. The first-order valence-electron chi connectivity index (χ1n) is 6.83. The molecule has 2 heterocycles. The second-order valence-electron chi connectivity index (χ2n) is 4.56. The van der Waals surface area contributed by atoms with E-state index in [0.717, 1.165) is 23.3 Å². The SMILES string of the molecule is CCn1c(Br)nc2c(OCCc3ccccc3)ncnc21. The van der Waals surface area contributed by atoms with Gasteiger partial charge < -0.3 is 9.30 Å². The summed E-state index contributed by atoms with van der Waals surface area (Å²) in [7, 11) is 0. The Balaban J connectivity index is 1.78. The van der Waals surface area contributed by atoms with Crippen molar-refractivity contribution in [2.45, 2.75) is 19.9 Å². The molecule has 1 aromatic carbocycles. The van der Waals surface area contributed by atoms with Gasteiger partial charge in [-0.1, -0.05) is 30.3 Å². The number of hydrogen-bond acceptors (Lipinski definition) is 4. The van der Waals surface area contributed by atoms with Crippen molar-refractivity contribution in [3.63, 3.8) is 0 Å². The normalized spacial score (nSPS) is 11.0. The Bertz CT molecular complexity index is 742. The van der Waals surface area contributed by atoms with Gasteiger partial charge in [0.15, 0.2) is 15.9 Å². The third-order valence-electron chi connectivity index (χ3n) is 3.24. The Kier molecular flexibility index (Phi) is 4.15. The van der Waals surface area contributed by atoms with Gasteiger partial charge in [0.1, 0.15) is 6.33 Å². The van der Waals surface area contributed by atoms with Crippen LogP contribution in [0.15, 0.2) is 41.4 Å². The molecule has 21 heavy (non-hydrogen) atoms. The van der Waals surface area contributed by atoms with Crippen LogP contribution in [0.3, 0.4) is 0 Å². The zero-order chi connectivity index (χ0) is 14.7. The average molecular weight is 347 g/mol. The maximum Gasteiger partial charge on any atom is 0.245 e. The number of imidazole rings is 1. The zero-order valence-corrected chi connectivity index (χ0v) is 13.2.